The van der Waals surface area contributed by atoms with Crippen molar-refractivity contribution in [2.24, 2.45) is 0 Å². The Morgan fingerprint density at radius 3 is 2.42 bits per heavy atom. The molecule has 0 heterocycles. The number of benzene rings is 1. The molecule has 1 N–H and O–H groups in total. The lowest BCUT2D eigenvalue weighted by Gasteiger charge is -2.20. The van der Waals surface area contributed by atoms with Gasteiger partial charge in [0.2, 0.25) is 0 Å². The Labute approximate surface area is 116 Å². The van der Waals surface area contributed by atoms with Crippen LogP contribution < -0.4 is 10.1 Å². The average molecular weight is 267 g/mol. The molecule has 0 aliphatic carbocycles. The standard InChI is InChI=1S/C15H25NO3/c1-12(2)18-9-10-19-15(11-16-3)13-7-5-6-8-14(13)17-4/h5-8,12,15-16H,9-11H2,1-4H3. The number of hydrogen-bond acceptors (Lipinski definition) is 4. The number of methoxy groups -OCH3 is 1. The molecule has 0 saturated carbocycles. The van der Waals surface area contributed by atoms with Crippen LogP contribution >= 0.6 is 0 Å². The molecule has 4 nitrogen and oxygen atoms in total. The number of para-hydroxylation sites is 1. The Kier molecular flexibility index (Phi) is 7.48. The number of hydrogen-bond donors (Lipinski definition) is 1. The minimum atomic E-state index is -0.0306. The van der Waals surface area contributed by atoms with Gasteiger partial charge in [-0.05, 0) is 27.0 Å². The normalized spacial score (nSPS) is 12.7. The first kappa shape index (κ1) is 16.0. The summed E-state index contributed by atoms with van der Waals surface area (Å²) in [4.78, 5) is 0. The Hall–Kier alpha value is -1.10. The first-order chi connectivity index (χ1) is 9.19. The Bertz CT molecular complexity index is 355. The summed E-state index contributed by atoms with van der Waals surface area (Å²) in [5.41, 5.74) is 1.06. The second-order valence-electron chi connectivity index (χ2n) is 4.58. The van der Waals surface area contributed by atoms with Crippen LogP contribution in [-0.2, 0) is 9.47 Å². The fraction of sp³-hybridized carbons (Fsp3) is 0.600. The topological polar surface area (TPSA) is 39.7 Å². The lowest BCUT2D eigenvalue weighted by atomic mass is 10.1. The van der Waals surface area contributed by atoms with Crippen LogP contribution in [0.2, 0.25) is 0 Å². The number of nitrogens with one attached hydrogen (secondary N) is 1. The maximum Gasteiger partial charge on any atom is 0.124 e. The fourth-order valence-electron chi connectivity index (χ4n) is 1.85. The summed E-state index contributed by atoms with van der Waals surface area (Å²) in [6, 6.07) is 7.94. The third kappa shape index (κ3) is 5.59. The summed E-state index contributed by atoms with van der Waals surface area (Å²) >= 11 is 0. The van der Waals surface area contributed by atoms with E-state index in [1.54, 1.807) is 7.11 Å². The first-order valence-electron chi connectivity index (χ1n) is 6.69. The van der Waals surface area contributed by atoms with Gasteiger partial charge in [0.05, 0.1) is 32.5 Å². The highest BCUT2D eigenvalue weighted by Gasteiger charge is 2.15. The molecule has 0 aromatic heterocycles. The molecule has 0 saturated heterocycles. The summed E-state index contributed by atoms with van der Waals surface area (Å²) in [6.07, 6.45) is 0.203. The van der Waals surface area contributed by atoms with Crippen molar-refractivity contribution in [3.05, 3.63) is 29.8 Å². The Balaban J connectivity index is 2.60. The first-order valence-corrected chi connectivity index (χ1v) is 6.69. The van der Waals surface area contributed by atoms with E-state index in [1.165, 1.54) is 0 Å². The van der Waals surface area contributed by atoms with Gasteiger partial charge in [0.15, 0.2) is 0 Å². The summed E-state index contributed by atoms with van der Waals surface area (Å²) in [5.74, 6) is 0.854. The van der Waals surface area contributed by atoms with Crippen LogP contribution in [0.4, 0.5) is 0 Å². The lowest BCUT2D eigenvalue weighted by Crippen LogP contribution is -2.22. The zero-order valence-electron chi connectivity index (χ0n) is 12.3. The van der Waals surface area contributed by atoms with Crippen molar-refractivity contribution in [2.75, 3.05) is 33.9 Å². The van der Waals surface area contributed by atoms with Crippen molar-refractivity contribution in [2.45, 2.75) is 26.1 Å². The van der Waals surface area contributed by atoms with Gasteiger partial charge in [0.25, 0.3) is 0 Å². The maximum atomic E-state index is 5.89. The highest BCUT2D eigenvalue weighted by molar-refractivity contribution is 5.35. The molecule has 1 rings (SSSR count). The quantitative estimate of drug-likeness (QED) is 0.697. The monoisotopic (exact) mass is 267 g/mol. The van der Waals surface area contributed by atoms with Crippen LogP contribution in [0.15, 0.2) is 24.3 Å². The van der Waals surface area contributed by atoms with E-state index >= 15 is 0 Å². The van der Waals surface area contributed by atoms with Crippen molar-refractivity contribution >= 4 is 0 Å². The van der Waals surface area contributed by atoms with Gasteiger partial charge in [-0.2, -0.15) is 0 Å². The van der Waals surface area contributed by atoms with Crippen LogP contribution in [0.25, 0.3) is 0 Å². The van der Waals surface area contributed by atoms with E-state index in [2.05, 4.69) is 5.32 Å². The minimum absolute atomic E-state index is 0.0306. The highest BCUT2D eigenvalue weighted by atomic mass is 16.5. The summed E-state index contributed by atoms with van der Waals surface area (Å²) in [7, 11) is 3.59. The molecular formula is C15H25NO3. The van der Waals surface area contributed by atoms with Crippen LogP contribution in [0.5, 0.6) is 5.75 Å². The molecule has 19 heavy (non-hydrogen) atoms. The van der Waals surface area contributed by atoms with Gasteiger partial charge in [-0.3, -0.25) is 0 Å². The van der Waals surface area contributed by atoms with Crippen molar-refractivity contribution in [1.29, 1.82) is 0 Å². The van der Waals surface area contributed by atoms with Gasteiger partial charge in [-0.25, -0.2) is 0 Å². The third-order valence-electron chi connectivity index (χ3n) is 2.73. The van der Waals surface area contributed by atoms with Gasteiger partial charge >= 0.3 is 0 Å². The number of rotatable bonds is 9. The van der Waals surface area contributed by atoms with Crippen molar-refractivity contribution in [1.82, 2.24) is 5.32 Å². The zero-order valence-corrected chi connectivity index (χ0v) is 12.3. The third-order valence-corrected chi connectivity index (χ3v) is 2.73. The number of likely N-dealkylation sites (N-methyl/N-ethyl adjacent to an activating group) is 1. The van der Waals surface area contributed by atoms with Gasteiger partial charge in [-0.1, -0.05) is 18.2 Å². The molecule has 1 aromatic rings. The maximum absolute atomic E-state index is 5.89. The molecule has 0 amide bonds. The largest absolute Gasteiger partial charge is 0.496 e. The van der Waals surface area contributed by atoms with Gasteiger partial charge in [0, 0.05) is 12.1 Å². The summed E-state index contributed by atoms with van der Waals surface area (Å²) < 4.78 is 16.8. The van der Waals surface area contributed by atoms with E-state index in [9.17, 15) is 0 Å². The second-order valence-corrected chi connectivity index (χ2v) is 4.58. The predicted molar refractivity (Wildman–Crippen MR) is 76.7 cm³/mol. The van der Waals surface area contributed by atoms with Crippen LogP contribution in [0.3, 0.4) is 0 Å². The molecule has 1 aromatic carbocycles. The Morgan fingerprint density at radius 1 is 1.11 bits per heavy atom. The summed E-state index contributed by atoms with van der Waals surface area (Å²) in [5, 5.41) is 3.15. The second kappa shape index (κ2) is 8.91. The Morgan fingerprint density at radius 2 is 1.79 bits per heavy atom. The molecule has 0 aliphatic heterocycles. The molecule has 0 fully saturated rings. The van der Waals surface area contributed by atoms with E-state index in [0.717, 1.165) is 17.9 Å². The average Bonchev–Trinajstić information content (AvgIpc) is 2.42. The molecule has 0 spiro atoms. The van der Waals surface area contributed by atoms with Gasteiger partial charge in [0.1, 0.15) is 5.75 Å². The fourth-order valence-corrected chi connectivity index (χ4v) is 1.85. The molecule has 0 radical (unpaired) electrons. The molecule has 0 aliphatic rings. The highest BCUT2D eigenvalue weighted by Crippen LogP contribution is 2.26. The van der Waals surface area contributed by atoms with E-state index in [0.29, 0.717) is 13.2 Å². The van der Waals surface area contributed by atoms with Gasteiger partial charge in [-0.15, -0.1) is 0 Å². The summed E-state index contributed by atoms with van der Waals surface area (Å²) in [6.45, 7) is 5.95. The van der Waals surface area contributed by atoms with E-state index in [4.69, 9.17) is 14.2 Å². The van der Waals surface area contributed by atoms with E-state index in [1.807, 2.05) is 45.2 Å². The smallest absolute Gasteiger partial charge is 0.124 e. The van der Waals surface area contributed by atoms with Crippen molar-refractivity contribution in [3.63, 3.8) is 0 Å². The van der Waals surface area contributed by atoms with Crippen molar-refractivity contribution in [3.8, 4) is 5.75 Å². The zero-order chi connectivity index (χ0) is 14.1. The SMILES string of the molecule is CNCC(OCCOC(C)C)c1ccccc1OC. The molecule has 0 bridgehead atoms. The molecule has 1 atom stereocenters. The van der Waals surface area contributed by atoms with Crippen LogP contribution in [-0.4, -0.2) is 40.0 Å². The van der Waals surface area contributed by atoms with E-state index < -0.39 is 0 Å². The molecular weight excluding hydrogens is 242 g/mol. The minimum Gasteiger partial charge on any atom is -0.496 e. The molecule has 4 heteroatoms. The van der Waals surface area contributed by atoms with Crippen molar-refractivity contribution < 1.29 is 14.2 Å². The van der Waals surface area contributed by atoms with E-state index in [-0.39, 0.29) is 12.2 Å². The van der Waals surface area contributed by atoms with Gasteiger partial charge < -0.3 is 19.5 Å². The molecule has 108 valence electrons. The van der Waals surface area contributed by atoms with Crippen LogP contribution in [0, 0.1) is 0 Å². The van der Waals surface area contributed by atoms with Crippen LogP contribution in [0.1, 0.15) is 25.5 Å². The number of ether oxygens (including phenoxy) is 3. The predicted octanol–water partition coefficient (Wildman–Crippen LogP) is 2.40. The lowest BCUT2D eigenvalue weighted by molar-refractivity contribution is -0.0131. The molecule has 1 unspecified atom stereocenters.